The summed E-state index contributed by atoms with van der Waals surface area (Å²) < 4.78 is 10.3. The first-order chi connectivity index (χ1) is 9.10. The van der Waals surface area contributed by atoms with Crippen molar-refractivity contribution < 1.29 is 19.4 Å². The van der Waals surface area contributed by atoms with Gasteiger partial charge in [-0.25, -0.2) is 4.79 Å². The van der Waals surface area contributed by atoms with Crippen molar-refractivity contribution in [3.05, 3.63) is 21.9 Å². The third-order valence-corrected chi connectivity index (χ3v) is 3.87. The Labute approximate surface area is 117 Å². The van der Waals surface area contributed by atoms with E-state index in [0.717, 1.165) is 12.1 Å². The fourth-order valence-electron chi connectivity index (χ4n) is 1.88. The van der Waals surface area contributed by atoms with Gasteiger partial charge in [-0.05, 0) is 23.9 Å². The van der Waals surface area contributed by atoms with Crippen LogP contribution in [0.5, 0.6) is 0 Å². The van der Waals surface area contributed by atoms with E-state index in [-0.39, 0.29) is 6.04 Å². The second-order valence-electron chi connectivity index (χ2n) is 4.35. The quantitative estimate of drug-likeness (QED) is 0.752. The number of carboxylic acids is 1. The first-order valence-electron chi connectivity index (χ1n) is 6.11. The molecule has 1 atom stereocenters. The van der Waals surface area contributed by atoms with Gasteiger partial charge in [-0.2, -0.15) is 0 Å². The zero-order valence-electron chi connectivity index (χ0n) is 11.6. The lowest BCUT2D eigenvalue weighted by Gasteiger charge is -2.28. The number of ether oxygens (including phenoxy) is 2. The Balaban J connectivity index is 2.75. The van der Waals surface area contributed by atoms with E-state index in [4.69, 9.17) is 14.6 Å². The average molecular weight is 287 g/mol. The van der Waals surface area contributed by atoms with Gasteiger partial charge in [0.15, 0.2) is 0 Å². The third-order valence-electron chi connectivity index (χ3n) is 2.93. The molecule has 0 aromatic carbocycles. The minimum atomic E-state index is -0.865. The Bertz CT molecular complexity index is 394. The summed E-state index contributed by atoms with van der Waals surface area (Å²) in [5, 5.41) is 10.9. The van der Waals surface area contributed by atoms with E-state index in [1.807, 2.05) is 11.4 Å². The molecule has 0 fully saturated rings. The van der Waals surface area contributed by atoms with Crippen molar-refractivity contribution in [1.82, 2.24) is 4.90 Å². The van der Waals surface area contributed by atoms with Gasteiger partial charge in [-0.3, -0.25) is 4.90 Å². The van der Waals surface area contributed by atoms with Gasteiger partial charge in [0.1, 0.15) is 4.88 Å². The molecular formula is C13H21NO4S. The summed E-state index contributed by atoms with van der Waals surface area (Å²) in [5.41, 5.74) is 0.844. The Kier molecular flexibility index (Phi) is 7.01. The van der Waals surface area contributed by atoms with E-state index < -0.39 is 5.97 Å². The Morgan fingerprint density at radius 1 is 1.47 bits per heavy atom. The number of hydrogen-bond acceptors (Lipinski definition) is 5. The van der Waals surface area contributed by atoms with Crippen LogP contribution in [0.15, 0.2) is 11.4 Å². The van der Waals surface area contributed by atoms with Gasteiger partial charge in [0, 0.05) is 33.4 Å². The second-order valence-corrected chi connectivity index (χ2v) is 5.26. The highest BCUT2D eigenvalue weighted by molar-refractivity contribution is 7.12. The Hall–Kier alpha value is -0.950. The highest BCUT2D eigenvalue weighted by Crippen LogP contribution is 2.19. The monoisotopic (exact) mass is 287 g/mol. The molecule has 0 aliphatic carbocycles. The van der Waals surface area contributed by atoms with Crippen LogP contribution in [-0.4, -0.2) is 56.0 Å². The molecule has 19 heavy (non-hydrogen) atoms. The van der Waals surface area contributed by atoms with Gasteiger partial charge in [0.2, 0.25) is 0 Å². The maximum Gasteiger partial charge on any atom is 0.346 e. The first-order valence-corrected chi connectivity index (χ1v) is 6.99. The summed E-state index contributed by atoms with van der Waals surface area (Å²) in [6.07, 6.45) is 0. The molecule has 6 heteroatoms. The number of aromatic carboxylic acids is 1. The van der Waals surface area contributed by atoms with Gasteiger partial charge < -0.3 is 14.6 Å². The summed E-state index contributed by atoms with van der Waals surface area (Å²) in [5.74, 6) is -0.865. The highest BCUT2D eigenvalue weighted by atomic mass is 32.1. The maximum atomic E-state index is 11.1. The number of carbonyl (C=O) groups is 1. The average Bonchev–Trinajstić information content (AvgIpc) is 2.82. The van der Waals surface area contributed by atoms with Gasteiger partial charge in [-0.1, -0.05) is 0 Å². The van der Waals surface area contributed by atoms with Crippen LogP contribution >= 0.6 is 11.3 Å². The molecule has 0 amide bonds. The fourth-order valence-corrected chi connectivity index (χ4v) is 2.63. The van der Waals surface area contributed by atoms with Crippen LogP contribution in [0.4, 0.5) is 0 Å². The maximum absolute atomic E-state index is 11.1. The van der Waals surface area contributed by atoms with Crippen LogP contribution < -0.4 is 0 Å². The summed E-state index contributed by atoms with van der Waals surface area (Å²) in [6, 6.07) is 2.08. The number of carboxylic acid groups (broad SMARTS) is 1. The number of hydrogen-bond donors (Lipinski definition) is 1. The van der Waals surface area contributed by atoms with Crippen molar-refractivity contribution in [2.75, 3.05) is 34.0 Å². The van der Waals surface area contributed by atoms with Crippen molar-refractivity contribution in [2.24, 2.45) is 0 Å². The molecule has 0 saturated carbocycles. The van der Waals surface area contributed by atoms with Crippen molar-refractivity contribution in [1.29, 1.82) is 0 Å². The predicted molar refractivity (Wildman–Crippen MR) is 74.9 cm³/mol. The predicted octanol–water partition coefficient (Wildman–Crippen LogP) is 1.93. The molecule has 0 spiro atoms. The first kappa shape index (κ1) is 16.1. The van der Waals surface area contributed by atoms with Crippen molar-refractivity contribution in [3.8, 4) is 0 Å². The molecule has 0 bridgehead atoms. The molecule has 1 unspecified atom stereocenters. The van der Waals surface area contributed by atoms with Gasteiger partial charge in [0.05, 0.1) is 13.2 Å². The number of nitrogens with zero attached hydrogens (tertiary/aromatic N) is 1. The van der Waals surface area contributed by atoms with Crippen molar-refractivity contribution >= 4 is 17.3 Å². The zero-order chi connectivity index (χ0) is 14.3. The number of rotatable bonds is 9. The lowest BCUT2D eigenvalue weighted by Crippen LogP contribution is -2.38. The zero-order valence-corrected chi connectivity index (χ0v) is 12.4. The van der Waals surface area contributed by atoms with Crippen molar-refractivity contribution in [3.63, 3.8) is 0 Å². The molecule has 0 saturated heterocycles. The van der Waals surface area contributed by atoms with E-state index >= 15 is 0 Å². The summed E-state index contributed by atoms with van der Waals surface area (Å²) in [4.78, 5) is 13.7. The minimum absolute atomic E-state index is 0.210. The van der Waals surface area contributed by atoms with Crippen LogP contribution in [0.2, 0.25) is 0 Å². The molecule has 1 N–H and O–H groups in total. The normalized spacial score (nSPS) is 12.8. The van der Waals surface area contributed by atoms with Crippen LogP contribution in [0.1, 0.15) is 22.2 Å². The fraction of sp³-hybridized carbons (Fsp3) is 0.615. The van der Waals surface area contributed by atoms with Gasteiger partial charge >= 0.3 is 5.97 Å². The molecule has 1 heterocycles. The smallest absolute Gasteiger partial charge is 0.346 e. The molecule has 1 rings (SSSR count). The molecule has 0 aliphatic heterocycles. The van der Waals surface area contributed by atoms with Crippen LogP contribution in [-0.2, 0) is 16.0 Å². The molecular weight excluding hydrogens is 266 g/mol. The van der Waals surface area contributed by atoms with Gasteiger partial charge in [-0.15, -0.1) is 11.3 Å². The Morgan fingerprint density at radius 3 is 2.79 bits per heavy atom. The molecule has 5 nitrogen and oxygen atoms in total. The molecule has 0 radical (unpaired) electrons. The minimum Gasteiger partial charge on any atom is -0.477 e. The SMILES string of the molecule is COCCN(Cc1ccsc1C(=O)O)C(C)COC. The van der Waals surface area contributed by atoms with E-state index in [1.165, 1.54) is 11.3 Å². The van der Waals surface area contributed by atoms with Crippen LogP contribution in [0, 0.1) is 0 Å². The molecule has 1 aromatic rings. The van der Waals surface area contributed by atoms with Gasteiger partial charge in [0.25, 0.3) is 0 Å². The molecule has 108 valence electrons. The van der Waals surface area contributed by atoms with E-state index in [1.54, 1.807) is 14.2 Å². The molecule has 1 aromatic heterocycles. The molecule has 0 aliphatic rings. The topological polar surface area (TPSA) is 59.0 Å². The van der Waals surface area contributed by atoms with E-state index in [9.17, 15) is 4.79 Å². The summed E-state index contributed by atoms with van der Waals surface area (Å²) in [6.45, 7) is 4.62. The largest absolute Gasteiger partial charge is 0.477 e. The third kappa shape index (κ3) is 4.91. The lowest BCUT2D eigenvalue weighted by atomic mass is 10.2. The standard InChI is InChI=1S/C13H21NO4S/c1-10(9-18-3)14(5-6-17-2)8-11-4-7-19-12(11)13(15)16/h4,7,10H,5-6,8-9H2,1-3H3,(H,15,16). The Morgan fingerprint density at radius 2 is 2.21 bits per heavy atom. The number of methoxy groups -OCH3 is 2. The highest BCUT2D eigenvalue weighted by Gasteiger charge is 2.18. The van der Waals surface area contributed by atoms with Crippen LogP contribution in [0.25, 0.3) is 0 Å². The van der Waals surface area contributed by atoms with Crippen molar-refractivity contribution in [2.45, 2.75) is 19.5 Å². The van der Waals surface area contributed by atoms with E-state index in [2.05, 4.69) is 11.8 Å². The second kappa shape index (κ2) is 8.27. The van der Waals surface area contributed by atoms with Crippen LogP contribution in [0.3, 0.4) is 0 Å². The number of thiophene rings is 1. The summed E-state index contributed by atoms with van der Waals surface area (Å²) >= 11 is 1.26. The lowest BCUT2D eigenvalue weighted by molar-refractivity contribution is 0.0669. The van der Waals surface area contributed by atoms with E-state index in [0.29, 0.717) is 24.6 Å². The summed E-state index contributed by atoms with van der Waals surface area (Å²) in [7, 11) is 3.32.